The Labute approximate surface area is 122 Å². The van der Waals surface area contributed by atoms with Gasteiger partial charge in [0.25, 0.3) is 0 Å². The van der Waals surface area contributed by atoms with Gasteiger partial charge in [0.15, 0.2) is 0 Å². The van der Waals surface area contributed by atoms with Crippen molar-refractivity contribution in [2.24, 2.45) is 0 Å². The van der Waals surface area contributed by atoms with Gasteiger partial charge in [-0.2, -0.15) is 5.26 Å². The lowest BCUT2D eigenvalue weighted by atomic mass is 9.97. The molecule has 1 N–H and O–H groups in total. The molecule has 1 heterocycles. The molecule has 1 aromatic rings. The number of piperazine rings is 1. The van der Waals surface area contributed by atoms with Gasteiger partial charge < -0.3 is 5.32 Å². The average molecular weight is 271 g/mol. The summed E-state index contributed by atoms with van der Waals surface area (Å²) in [7, 11) is 0. The fourth-order valence-electron chi connectivity index (χ4n) is 2.96. The van der Waals surface area contributed by atoms with Gasteiger partial charge in [0.2, 0.25) is 0 Å². The molecule has 1 fully saturated rings. The molecule has 0 spiro atoms. The SMILES string of the molecule is CCCCC[C@H](c1cccc(C#N)c1)N1CCNCC1. The van der Waals surface area contributed by atoms with Crippen molar-refractivity contribution in [2.75, 3.05) is 26.2 Å². The maximum atomic E-state index is 9.09. The third kappa shape index (κ3) is 4.06. The Morgan fingerprint density at radius 3 is 2.80 bits per heavy atom. The summed E-state index contributed by atoms with van der Waals surface area (Å²) >= 11 is 0. The van der Waals surface area contributed by atoms with Crippen molar-refractivity contribution in [3.63, 3.8) is 0 Å². The van der Waals surface area contributed by atoms with Crippen LogP contribution in [0.15, 0.2) is 24.3 Å². The second-order valence-corrected chi connectivity index (χ2v) is 5.53. The molecule has 0 bridgehead atoms. The Kier molecular flexibility index (Phi) is 6.04. The van der Waals surface area contributed by atoms with Gasteiger partial charge in [-0.1, -0.05) is 38.3 Å². The largest absolute Gasteiger partial charge is 0.314 e. The molecule has 3 heteroatoms. The number of benzene rings is 1. The second-order valence-electron chi connectivity index (χ2n) is 5.53. The van der Waals surface area contributed by atoms with E-state index in [9.17, 15) is 0 Å². The van der Waals surface area contributed by atoms with Crippen LogP contribution in [0.3, 0.4) is 0 Å². The van der Waals surface area contributed by atoms with Crippen LogP contribution in [0.5, 0.6) is 0 Å². The molecule has 2 rings (SSSR count). The summed E-state index contributed by atoms with van der Waals surface area (Å²) in [6.45, 7) is 6.60. The van der Waals surface area contributed by atoms with Crippen molar-refractivity contribution in [3.8, 4) is 6.07 Å². The van der Waals surface area contributed by atoms with E-state index in [0.717, 1.165) is 31.7 Å². The summed E-state index contributed by atoms with van der Waals surface area (Å²) in [5.74, 6) is 0. The molecule has 20 heavy (non-hydrogen) atoms. The van der Waals surface area contributed by atoms with Crippen molar-refractivity contribution >= 4 is 0 Å². The van der Waals surface area contributed by atoms with Crippen LogP contribution in [0.2, 0.25) is 0 Å². The second kappa shape index (κ2) is 8.04. The van der Waals surface area contributed by atoms with Crippen molar-refractivity contribution < 1.29 is 0 Å². The van der Waals surface area contributed by atoms with Crippen LogP contribution < -0.4 is 5.32 Å². The third-order valence-electron chi connectivity index (χ3n) is 4.07. The van der Waals surface area contributed by atoms with Crippen molar-refractivity contribution in [2.45, 2.75) is 38.6 Å². The number of hydrogen-bond donors (Lipinski definition) is 1. The number of nitriles is 1. The highest BCUT2D eigenvalue weighted by Gasteiger charge is 2.21. The summed E-state index contributed by atoms with van der Waals surface area (Å²) in [5, 5.41) is 12.5. The zero-order valence-electron chi connectivity index (χ0n) is 12.4. The Bertz CT molecular complexity index is 444. The van der Waals surface area contributed by atoms with Gasteiger partial charge in [0.1, 0.15) is 0 Å². The van der Waals surface area contributed by atoms with E-state index in [4.69, 9.17) is 5.26 Å². The Morgan fingerprint density at radius 2 is 2.10 bits per heavy atom. The fourth-order valence-corrected chi connectivity index (χ4v) is 2.96. The van der Waals surface area contributed by atoms with Crippen LogP contribution in [0.1, 0.15) is 49.8 Å². The molecule has 0 saturated carbocycles. The number of hydrogen-bond acceptors (Lipinski definition) is 3. The van der Waals surface area contributed by atoms with E-state index in [1.807, 2.05) is 12.1 Å². The topological polar surface area (TPSA) is 39.1 Å². The maximum absolute atomic E-state index is 9.09. The first-order valence-corrected chi connectivity index (χ1v) is 7.80. The quantitative estimate of drug-likeness (QED) is 0.808. The van der Waals surface area contributed by atoms with Gasteiger partial charge in [-0.05, 0) is 24.1 Å². The Morgan fingerprint density at radius 1 is 1.30 bits per heavy atom. The molecular formula is C17H25N3. The van der Waals surface area contributed by atoms with E-state index < -0.39 is 0 Å². The predicted molar refractivity (Wildman–Crippen MR) is 82.5 cm³/mol. The molecule has 1 atom stereocenters. The molecule has 0 aromatic heterocycles. The van der Waals surface area contributed by atoms with Crippen molar-refractivity contribution in [1.29, 1.82) is 5.26 Å². The molecule has 108 valence electrons. The summed E-state index contributed by atoms with van der Waals surface area (Å²) in [5.41, 5.74) is 2.08. The maximum Gasteiger partial charge on any atom is 0.0991 e. The van der Waals surface area contributed by atoms with Crippen LogP contribution in [0.4, 0.5) is 0 Å². The first kappa shape index (κ1) is 15.0. The first-order chi connectivity index (χ1) is 9.85. The van der Waals surface area contributed by atoms with E-state index in [1.54, 1.807) is 0 Å². The molecule has 0 amide bonds. The zero-order valence-corrected chi connectivity index (χ0v) is 12.4. The van der Waals surface area contributed by atoms with E-state index in [1.165, 1.54) is 31.2 Å². The minimum Gasteiger partial charge on any atom is -0.314 e. The molecule has 3 nitrogen and oxygen atoms in total. The molecule has 1 aromatic carbocycles. The Hall–Kier alpha value is -1.37. The fraction of sp³-hybridized carbons (Fsp3) is 0.588. The molecular weight excluding hydrogens is 246 g/mol. The summed E-state index contributed by atoms with van der Waals surface area (Å²) < 4.78 is 0. The van der Waals surface area contributed by atoms with E-state index >= 15 is 0 Å². The standard InChI is InChI=1S/C17H25N3/c1-2-3-4-8-17(20-11-9-19-10-12-20)16-7-5-6-15(13-16)14-18/h5-7,13,17,19H,2-4,8-12H2,1H3/t17-/m1/s1. The highest BCUT2D eigenvalue weighted by atomic mass is 15.2. The van der Waals surface area contributed by atoms with Crippen LogP contribution in [-0.2, 0) is 0 Å². The van der Waals surface area contributed by atoms with Crippen molar-refractivity contribution in [3.05, 3.63) is 35.4 Å². The van der Waals surface area contributed by atoms with Gasteiger partial charge >= 0.3 is 0 Å². The highest BCUT2D eigenvalue weighted by molar-refractivity contribution is 5.34. The minimum absolute atomic E-state index is 0.469. The summed E-state index contributed by atoms with van der Waals surface area (Å²) in [6, 6.07) is 10.9. The lowest BCUT2D eigenvalue weighted by Crippen LogP contribution is -2.45. The third-order valence-corrected chi connectivity index (χ3v) is 4.07. The molecule has 1 aliphatic heterocycles. The lowest BCUT2D eigenvalue weighted by Gasteiger charge is -2.35. The van der Waals surface area contributed by atoms with Gasteiger partial charge in [0.05, 0.1) is 11.6 Å². The Balaban J connectivity index is 2.13. The summed E-state index contributed by atoms with van der Waals surface area (Å²) in [4.78, 5) is 2.57. The molecule has 0 aliphatic carbocycles. The predicted octanol–water partition coefficient (Wildman–Crippen LogP) is 3.08. The van der Waals surface area contributed by atoms with Gasteiger partial charge in [-0.3, -0.25) is 4.90 Å². The zero-order chi connectivity index (χ0) is 14.2. The van der Waals surface area contributed by atoms with Gasteiger partial charge in [-0.25, -0.2) is 0 Å². The summed E-state index contributed by atoms with van der Waals surface area (Å²) in [6.07, 6.45) is 5.01. The molecule has 0 unspecified atom stereocenters. The van der Waals surface area contributed by atoms with Crippen LogP contribution in [0, 0.1) is 11.3 Å². The highest BCUT2D eigenvalue weighted by Crippen LogP contribution is 2.27. The average Bonchev–Trinajstić information content (AvgIpc) is 2.52. The number of nitrogens with zero attached hydrogens (tertiary/aromatic N) is 2. The van der Waals surface area contributed by atoms with E-state index in [0.29, 0.717) is 6.04 Å². The van der Waals surface area contributed by atoms with Crippen LogP contribution in [0.25, 0.3) is 0 Å². The molecule has 0 radical (unpaired) electrons. The van der Waals surface area contributed by atoms with Gasteiger partial charge in [-0.15, -0.1) is 0 Å². The van der Waals surface area contributed by atoms with Gasteiger partial charge in [0, 0.05) is 32.2 Å². The lowest BCUT2D eigenvalue weighted by molar-refractivity contribution is 0.162. The molecule has 1 aliphatic rings. The minimum atomic E-state index is 0.469. The molecule has 1 saturated heterocycles. The van der Waals surface area contributed by atoms with E-state index in [-0.39, 0.29) is 0 Å². The van der Waals surface area contributed by atoms with E-state index in [2.05, 4.69) is 35.3 Å². The number of unbranched alkanes of at least 4 members (excludes halogenated alkanes) is 2. The van der Waals surface area contributed by atoms with Crippen LogP contribution in [-0.4, -0.2) is 31.1 Å². The smallest absolute Gasteiger partial charge is 0.0991 e. The van der Waals surface area contributed by atoms with Crippen molar-refractivity contribution in [1.82, 2.24) is 10.2 Å². The number of rotatable bonds is 6. The monoisotopic (exact) mass is 271 g/mol. The van der Waals surface area contributed by atoms with Crippen LogP contribution >= 0.6 is 0 Å². The first-order valence-electron chi connectivity index (χ1n) is 7.80. The number of nitrogens with one attached hydrogen (secondary N) is 1. The normalized spacial score (nSPS) is 17.6.